The highest BCUT2D eigenvalue weighted by Gasteiger charge is 2.29. The van der Waals surface area contributed by atoms with Crippen LogP contribution < -0.4 is 11.3 Å². The van der Waals surface area contributed by atoms with Gasteiger partial charge >= 0.3 is 0 Å². The lowest BCUT2D eigenvalue weighted by molar-refractivity contribution is 0.0653. The zero-order valence-electron chi connectivity index (χ0n) is 20.3. The lowest BCUT2D eigenvalue weighted by Crippen LogP contribution is -2.39. The number of fused-ring (bicyclic) bond motifs is 1. The predicted molar refractivity (Wildman–Crippen MR) is 143 cm³/mol. The number of hydrogen-bond donors (Lipinski definition) is 1. The van der Waals surface area contributed by atoms with E-state index in [9.17, 15) is 9.59 Å². The molecule has 182 valence electrons. The molecule has 0 fully saturated rings. The molecule has 1 amide bonds. The van der Waals surface area contributed by atoms with Gasteiger partial charge in [-0.25, -0.2) is 4.98 Å². The van der Waals surface area contributed by atoms with Crippen molar-refractivity contribution in [1.29, 1.82) is 0 Å². The van der Waals surface area contributed by atoms with Crippen LogP contribution in [0.3, 0.4) is 0 Å². The Labute approximate surface area is 210 Å². The van der Waals surface area contributed by atoms with Crippen LogP contribution in [0.25, 0.3) is 10.2 Å². The molecule has 6 nitrogen and oxygen atoms in total. The summed E-state index contributed by atoms with van der Waals surface area (Å²) < 4.78 is 2.39. The van der Waals surface area contributed by atoms with Gasteiger partial charge in [0.25, 0.3) is 11.5 Å². The molecule has 1 atom stereocenters. The fourth-order valence-electron chi connectivity index (χ4n) is 4.36. The number of hydrogen-bond acceptors (Lipinski definition) is 5. The summed E-state index contributed by atoms with van der Waals surface area (Å²) in [5.74, 6) is 0.570. The smallest absolute Gasteiger partial charge is 0.271 e. The number of benzene rings is 2. The first-order valence-electron chi connectivity index (χ1n) is 12.1. The molecular formula is C28H32N4O2S. The van der Waals surface area contributed by atoms with E-state index >= 15 is 0 Å². The summed E-state index contributed by atoms with van der Waals surface area (Å²) in [6.45, 7) is 5.57. The Balaban J connectivity index is 1.82. The van der Waals surface area contributed by atoms with Crippen molar-refractivity contribution in [2.75, 3.05) is 13.1 Å². The zero-order valence-corrected chi connectivity index (χ0v) is 21.1. The van der Waals surface area contributed by atoms with Crippen LogP contribution in [-0.4, -0.2) is 33.4 Å². The Morgan fingerprint density at radius 1 is 1.09 bits per heavy atom. The molecule has 0 spiro atoms. The largest absolute Gasteiger partial charge is 0.330 e. The topological polar surface area (TPSA) is 81.2 Å². The molecule has 0 aliphatic rings. The number of carbonyl (C=O) groups is 1. The second-order valence-corrected chi connectivity index (χ2v) is 9.68. The van der Waals surface area contributed by atoms with Gasteiger partial charge in [-0.05, 0) is 61.9 Å². The quantitative estimate of drug-likeness (QED) is 0.313. The van der Waals surface area contributed by atoms with E-state index in [2.05, 4.69) is 0 Å². The second kappa shape index (κ2) is 11.4. The van der Waals surface area contributed by atoms with Gasteiger partial charge in [0.1, 0.15) is 10.5 Å². The standard InChI is InChI=1S/C28H32N4O2S/c1-3-24(31(17-8-7-16-29)27(33)22-13-11-20(2)12-14-22)26-30-23-15-18-35-25(23)28(34)32(26)19-21-9-5-4-6-10-21/h4-6,9-15,18,24H,3,7-8,16-17,19,29H2,1-2H3. The summed E-state index contributed by atoms with van der Waals surface area (Å²) in [6.07, 6.45) is 2.24. The highest BCUT2D eigenvalue weighted by atomic mass is 32.1. The lowest BCUT2D eigenvalue weighted by Gasteiger charge is -2.32. The number of thiophene rings is 1. The molecule has 1 unspecified atom stereocenters. The fourth-order valence-corrected chi connectivity index (χ4v) is 5.14. The number of amides is 1. The Kier molecular flexibility index (Phi) is 8.10. The zero-order chi connectivity index (χ0) is 24.8. The molecule has 0 saturated heterocycles. The Morgan fingerprint density at radius 2 is 1.83 bits per heavy atom. The first-order valence-corrected chi connectivity index (χ1v) is 13.0. The lowest BCUT2D eigenvalue weighted by atomic mass is 10.1. The highest BCUT2D eigenvalue weighted by Crippen LogP contribution is 2.28. The van der Waals surface area contributed by atoms with Gasteiger partial charge < -0.3 is 10.6 Å². The Morgan fingerprint density at radius 3 is 2.51 bits per heavy atom. The number of aromatic nitrogens is 2. The molecule has 7 heteroatoms. The first-order chi connectivity index (χ1) is 17.0. The summed E-state index contributed by atoms with van der Waals surface area (Å²) >= 11 is 1.41. The van der Waals surface area contributed by atoms with Crippen molar-refractivity contribution in [3.8, 4) is 0 Å². The minimum Gasteiger partial charge on any atom is -0.330 e. The molecule has 2 heterocycles. The minimum atomic E-state index is -0.345. The molecule has 2 aromatic carbocycles. The van der Waals surface area contributed by atoms with Crippen molar-refractivity contribution in [1.82, 2.24) is 14.5 Å². The van der Waals surface area contributed by atoms with Gasteiger partial charge in [0, 0.05) is 12.1 Å². The highest BCUT2D eigenvalue weighted by molar-refractivity contribution is 7.17. The number of unbranched alkanes of at least 4 members (excludes halogenated alkanes) is 1. The number of rotatable bonds is 10. The summed E-state index contributed by atoms with van der Waals surface area (Å²) in [7, 11) is 0. The number of nitrogens with zero attached hydrogens (tertiary/aromatic N) is 3. The van der Waals surface area contributed by atoms with Crippen molar-refractivity contribution in [3.63, 3.8) is 0 Å². The van der Waals surface area contributed by atoms with E-state index < -0.39 is 0 Å². The second-order valence-electron chi connectivity index (χ2n) is 8.77. The summed E-state index contributed by atoms with van der Waals surface area (Å²) in [6, 6.07) is 19.1. The molecule has 2 aromatic heterocycles. The molecule has 4 rings (SSSR count). The van der Waals surface area contributed by atoms with Crippen molar-refractivity contribution in [2.45, 2.75) is 45.7 Å². The predicted octanol–water partition coefficient (Wildman–Crippen LogP) is 5.15. The molecule has 4 aromatic rings. The van der Waals surface area contributed by atoms with Crippen LogP contribution in [0.4, 0.5) is 0 Å². The number of aryl methyl sites for hydroxylation is 1. The van der Waals surface area contributed by atoms with Gasteiger partial charge in [-0.2, -0.15) is 0 Å². The molecule has 0 aliphatic heterocycles. The van der Waals surface area contributed by atoms with Gasteiger partial charge in [0.15, 0.2) is 0 Å². The third-order valence-corrected chi connectivity index (χ3v) is 7.14. The Hall–Kier alpha value is -3.29. The molecule has 0 aliphatic carbocycles. The summed E-state index contributed by atoms with van der Waals surface area (Å²) in [5, 5.41) is 1.90. The number of nitrogens with two attached hydrogens (primary N) is 1. The molecule has 0 radical (unpaired) electrons. The van der Waals surface area contributed by atoms with Crippen LogP contribution >= 0.6 is 11.3 Å². The van der Waals surface area contributed by atoms with Gasteiger partial charge in [0.2, 0.25) is 0 Å². The van der Waals surface area contributed by atoms with Crippen LogP contribution in [0.15, 0.2) is 70.8 Å². The molecule has 2 N–H and O–H groups in total. The molecular weight excluding hydrogens is 456 g/mol. The fraction of sp³-hybridized carbons (Fsp3) is 0.321. The first kappa shape index (κ1) is 24.8. The normalized spacial score (nSPS) is 12.1. The van der Waals surface area contributed by atoms with Crippen LogP contribution in [0.5, 0.6) is 0 Å². The summed E-state index contributed by atoms with van der Waals surface area (Å²) in [4.78, 5) is 34.2. The number of carbonyl (C=O) groups excluding carboxylic acids is 1. The maximum Gasteiger partial charge on any atom is 0.271 e. The van der Waals surface area contributed by atoms with Gasteiger partial charge in [-0.1, -0.05) is 55.0 Å². The van der Waals surface area contributed by atoms with E-state index in [0.717, 1.165) is 24.0 Å². The van der Waals surface area contributed by atoms with Crippen LogP contribution in [0.1, 0.15) is 59.5 Å². The average Bonchev–Trinajstić information content (AvgIpc) is 3.35. The Bertz CT molecular complexity index is 1330. The molecule has 0 bridgehead atoms. The maximum absolute atomic E-state index is 13.8. The van der Waals surface area contributed by atoms with E-state index in [4.69, 9.17) is 10.7 Å². The maximum atomic E-state index is 13.8. The van der Waals surface area contributed by atoms with Crippen LogP contribution in [0.2, 0.25) is 0 Å². The molecule has 0 saturated carbocycles. The average molecular weight is 489 g/mol. The van der Waals surface area contributed by atoms with E-state index in [1.165, 1.54) is 11.3 Å². The van der Waals surface area contributed by atoms with Crippen molar-refractivity contribution >= 4 is 27.5 Å². The van der Waals surface area contributed by atoms with Crippen molar-refractivity contribution in [3.05, 3.63) is 98.9 Å². The van der Waals surface area contributed by atoms with Gasteiger partial charge in [-0.15, -0.1) is 11.3 Å². The van der Waals surface area contributed by atoms with E-state index in [1.807, 2.05) is 84.8 Å². The monoisotopic (exact) mass is 488 g/mol. The van der Waals surface area contributed by atoms with Crippen molar-refractivity contribution in [2.24, 2.45) is 5.73 Å². The van der Waals surface area contributed by atoms with E-state index in [1.54, 1.807) is 4.57 Å². The molecule has 35 heavy (non-hydrogen) atoms. The van der Waals surface area contributed by atoms with E-state index in [0.29, 0.717) is 47.7 Å². The van der Waals surface area contributed by atoms with E-state index in [-0.39, 0.29) is 17.5 Å². The van der Waals surface area contributed by atoms with Gasteiger partial charge in [-0.3, -0.25) is 14.2 Å². The third-order valence-electron chi connectivity index (χ3n) is 6.25. The van der Waals surface area contributed by atoms with Crippen LogP contribution in [0, 0.1) is 6.92 Å². The van der Waals surface area contributed by atoms with Crippen molar-refractivity contribution < 1.29 is 4.79 Å². The van der Waals surface area contributed by atoms with Gasteiger partial charge in [0.05, 0.1) is 18.1 Å². The summed E-state index contributed by atoms with van der Waals surface area (Å²) in [5.41, 5.74) is 9.13. The minimum absolute atomic E-state index is 0.0557. The SMILES string of the molecule is CCC(c1nc2ccsc2c(=O)n1Cc1ccccc1)N(CCCCN)C(=O)c1ccc(C)cc1. The van der Waals surface area contributed by atoms with Crippen LogP contribution in [-0.2, 0) is 6.54 Å². The third kappa shape index (κ3) is 5.52.